The van der Waals surface area contributed by atoms with Crippen LogP contribution in [0.3, 0.4) is 0 Å². The van der Waals surface area contributed by atoms with Crippen molar-refractivity contribution >= 4 is 33.4 Å². The van der Waals surface area contributed by atoms with Crippen molar-refractivity contribution in [3.8, 4) is 11.1 Å². The first-order valence-corrected chi connectivity index (χ1v) is 9.69. The van der Waals surface area contributed by atoms with Crippen molar-refractivity contribution in [3.63, 3.8) is 0 Å². The topological polar surface area (TPSA) is 111 Å². The van der Waals surface area contributed by atoms with Crippen LogP contribution in [0.4, 0.5) is 5.82 Å². The van der Waals surface area contributed by atoms with E-state index in [1.807, 2.05) is 25.6 Å². The van der Waals surface area contributed by atoms with Gasteiger partial charge in [-0.3, -0.25) is 9.48 Å². The summed E-state index contributed by atoms with van der Waals surface area (Å²) in [6.45, 7) is 1.08. The number of aliphatic carboxylic acids is 1. The van der Waals surface area contributed by atoms with Gasteiger partial charge >= 0.3 is 0 Å². The van der Waals surface area contributed by atoms with Crippen LogP contribution in [0.2, 0.25) is 0 Å². The van der Waals surface area contributed by atoms with E-state index in [1.165, 1.54) is 32.1 Å². The Kier molecular flexibility index (Phi) is 5.79. The van der Waals surface area contributed by atoms with Crippen LogP contribution in [0.25, 0.3) is 16.8 Å². The largest absolute Gasteiger partial charge is 0.481 e. The molecule has 3 heterocycles. The second-order valence-corrected chi connectivity index (χ2v) is 7.54. The minimum Gasteiger partial charge on any atom is -0.481 e. The van der Waals surface area contributed by atoms with Gasteiger partial charge in [-0.25, -0.2) is 4.98 Å². The number of carboxylic acids is 1. The van der Waals surface area contributed by atoms with Gasteiger partial charge in [0.2, 0.25) is 0 Å². The lowest BCUT2D eigenvalue weighted by Gasteiger charge is -2.22. The molecular weight excluding hydrogens is 412 g/mol. The lowest BCUT2D eigenvalue weighted by Crippen LogP contribution is -2.11. The number of rotatable bonds is 2. The minimum atomic E-state index is -0.833. The van der Waals surface area contributed by atoms with E-state index in [4.69, 9.17) is 20.6 Å². The van der Waals surface area contributed by atoms with Gasteiger partial charge in [-0.15, -0.1) is 0 Å². The standard InChI is InChI=1S/C16H19BrN6.C2H4O2/c1-22-9-11(7-19-22)12-8-20-23-15(18)13(17)14(21-16(12)23)10-5-3-2-4-6-10;1-2(3)4/h7-10H,2-6,18H2,1H3;1H3,(H,3,4). The fourth-order valence-electron chi connectivity index (χ4n) is 3.42. The maximum Gasteiger partial charge on any atom is 0.300 e. The molecule has 3 aromatic heterocycles. The van der Waals surface area contributed by atoms with Gasteiger partial charge in [-0.2, -0.15) is 14.7 Å². The summed E-state index contributed by atoms with van der Waals surface area (Å²) in [7, 11) is 1.90. The van der Waals surface area contributed by atoms with Crippen molar-refractivity contribution in [2.75, 3.05) is 5.73 Å². The number of hydrogen-bond donors (Lipinski definition) is 2. The lowest BCUT2D eigenvalue weighted by molar-refractivity contribution is -0.134. The maximum absolute atomic E-state index is 9.00. The van der Waals surface area contributed by atoms with Gasteiger partial charge in [-0.1, -0.05) is 19.3 Å². The Hall–Kier alpha value is -2.42. The van der Waals surface area contributed by atoms with Crippen LogP contribution < -0.4 is 5.73 Å². The summed E-state index contributed by atoms with van der Waals surface area (Å²) in [5.41, 5.74) is 10.2. The van der Waals surface area contributed by atoms with Crippen molar-refractivity contribution in [3.05, 3.63) is 28.8 Å². The van der Waals surface area contributed by atoms with Gasteiger partial charge in [0.25, 0.3) is 5.97 Å². The first-order chi connectivity index (χ1) is 12.9. The van der Waals surface area contributed by atoms with E-state index in [-0.39, 0.29) is 0 Å². The minimum absolute atomic E-state index is 0.474. The lowest BCUT2D eigenvalue weighted by atomic mass is 9.87. The van der Waals surface area contributed by atoms with Gasteiger partial charge in [-0.05, 0) is 28.8 Å². The smallest absolute Gasteiger partial charge is 0.300 e. The summed E-state index contributed by atoms with van der Waals surface area (Å²) < 4.78 is 4.37. The maximum atomic E-state index is 9.00. The molecule has 1 aliphatic rings. The molecule has 9 heteroatoms. The number of aromatic nitrogens is 5. The summed E-state index contributed by atoms with van der Waals surface area (Å²) in [6, 6.07) is 0. The zero-order chi connectivity index (χ0) is 19.6. The molecule has 0 spiro atoms. The molecule has 8 nitrogen and oxygen atoms in total. The molecule has 0 amide bonds. The Bertz CT molecular complexity index is 954. The van der Waals surface area contributed by atoms with E-state index in [2.05, 4.69) is 26.1 Å². The highest BCUT2D eigenvalue weighted by molar-refractivity contribution is 9.10. The predicted octanol–water partition coefficient (Wildman–Crippen LogP) is 3.61. The van der Waals surface area contributed by atoms with Crippen molar-refractivity contribution in [2.45, 2.75) is 44.9 Å². The number of nitrogens with zero attached hydrogens (tertiary/aromatic N) is 5. The van der Waals surface area contributed by atoms with Crippen LogP contribution in [0.5, 0.6) is 0 Å². The molecule has 0 aliphatic heterocycles. The quantitative estimate of drug-likeness (QED) is 0.636. The molecule has 0 unspecified atom stereocenters. The highest BCUT2D eigenvalue weighted by Crippen LogP contribution is 2.38. The molecule has 0 atom stereocenters. The number of fused-ring (bicyclic) bond motifs is 1. The van der Waals surface area contributed by atoms with E-state index in [0.29, 0.717) is 11.7 Å². The van der Waals surface area contributed by atoms with E-state index < -0.39 is 5.97 Å². The highest BCUT2D eigenvalue weighted by Gasteiger charge is 2.24. The van der Waals surface area contributed by atoms with Gasteiger partial charge in [0.05, 0.1) is 22.6 Å². The van der Waals surface area contributed by atoms with Crippen LogP contribution in [0.15, 0.2) is 23.1 Å². The number of hydrogen-bond acceptors (Lipinski definition) is 5. The van der Waals surface area contributed by atoms with Gasteiger partial charge < -0.3 is 10.8 Å². The second kappa shape index (κ2) is 8.08. The third-order valence-electron chi connectivity index (χ3n) is 4.66. The fourth-order valence-corrected chi connectivity index (χ4v) is 4.00. The van der Waals surface area contributed by atoms with Gasteiger partial charge in [0.1, 0.15) is 5.82 Å². The molecule has 144 valence electrons. The monoisotopic (exact) mass is 434 g/mol. The summed E-state index contributed by atoms with van der Waals surface area (Å²) in [6.07, 6.45) is 11.8. The van der Waals surface area contributed by atoms with E-state index in [9.17, 15) is 0 Å². The van der Waals surface area contributed by atoms with Crippen molar-refractivity contribution < 1.29 is 9.90 Å². The number of nitrogen functional groups attached to an aromatic ring is 1. The van der Waals surface area contributed by atoms with Crippen LogP contribution in [-0.4, -0.2) is 35.5 Å². The summed E-state index contributed by atoms with van der Waals surface area (Å²) in [5, 5.41) is 16.1. The first-order valence-electron chi connectivity index (χ1n) is 8.89. The molecule has 0 bridgehead atoms. The van der Waals surface area contributed by atoms with Crippen LogP contribution in [-0.2, 0) is 11.8 Å². The number of carbonyl (C=O) groups is 1. The molecule has 1 fully saturated rings. The summed E-state index contributed by atoms with van der Waals surface area (Å²) in [4.78, 5) is 13.9. The predicted molar refractivity (Wildman–Crippen MR) is 106 cm³/mol. The molecule has 0 radical (unpaired) electrons. The van der Waals surface area contributed by atoms with E-state index in [0.717, 1.165) is 33.9 Å². The second-order valence-electron chi connectivity index (χ2n) is 6.75. The Morgan fingerprint density at radius 3 is 2.52 bits per heavy atom. The number of carboxylic acid groups (broad SMARTS) is 1. The van der Waals surface area contributed by atoms with Crippen molar-refractivity contribution in [1.29, 1.82) is 0 Å². The van der Waals surface area contributed by atoms with E-state index >= 15 is 0 Å². The number of anilines is 1. The molecular formula is C18H23BrN6O2. The molecule has 4 rings (SSSR count). The molecule has 0 saturated heterocycles. The SMILES string of the molecule is CC(=O)O.Cn1cc(-c2cnn3c(N)c(Br)c(C4CCCCC4)nc23)cn1. The molecule has 0 aromatic carbocycles. The van der Waals surface area contributed by atoms with Crippen molar-refractivity contribution in [2.24, 2.45) is 7.05 Å². The molecule has 1 saturated carbocycles. The Morgan fingerprint density at radius 2 is 1.93 bits per heavy atom. The van der Waals surface area contributed by atoms with Crippen LogP contribution in [0.1, 0.15) is 50.6 Å². The van der Waals surface area contributed by atoms with Gasteiger partial charge in [0.15, 0.2) is 5.65 Å². The molecule has 27 heavy (non-hydrogen) atoms. The van der Waals surface area contributed by atoms with Crippen LogP contribution in [0, 0.1) is 0 Å². The average Bonchev–Trinajstić information content (AvgIpc) is 3.24. The first kappa shape index (κ1) is 19.3. The third-order valence-corrected chi connectivity index (χ3v) is 5.47. The van der Waals surface area contributed by atoms with Crippen molar-refractivity contribution in [1.82, 2.24) is 24.4 Å². The summed E-state index contributed by atoms with van der Waals surface area (Å²) in [5.74, 6) is 0.257. The number of aryl methyl sites for hydroxylation is 1. The summed E-state index contributed by atoms with van der Waals surface area (Å²) >= 11 is 3.64. The van der Waals surface area contributed by atoms with Gasteiger partial charge in [0, 0.05) is 37.2 Å². The average molecular weight is 435 g/mol. The Balaban J connectivity index is 0.000000481. The van der Waals surface area contributed by atoms with E-state index in [1.54, 1.807) is 9.20 Å². The zero-order valence-corrected chi connectivity index (χ0v) is 17.0. The normalized spacial score (nSPS) is 14.8. The van der Waals surface area contributed by atoms with Crippen LogP contribution >= 0.6 is 15.9 Å². The Morgan fingerprint density at radius 1 is 1.26 bits per heavy atom. The fraction of sp³-hybridized carbons (Fsp3) is 0.444. The number of halogens is 1. The molecule has 3 N–H and O–H groups in total. The zero-order valence-electron chi connectivity index (χ0n) is 15.4. The third kappa shape index (κ3) is 4.13. The number of nitrogens with two attached hydrogens (primary N) is 1. The highest BCUT2D eigenvalue weighted by atomic mass is 79.9. The Labute approximate surface area is 165 Å². The molecule has 1 aliphatic carbocycles. The molecule has 3 aromatic rings.